The van der Waals surface area contributed by atoms with Gasteiger partial charge in [-0.1, -0.05) is 24.3 Å². The molecule has 2 aromatic rings. The summed E-state index contributed by atoms with van der Waals surface area (Å²) in [5, 5.41) is 3.56. The fourth-order valence-electron chi connectivity index (χ4n) is 3.39. The van der Waals surface area contributed by atoms with Gasteiger partial charge in [0.15, 0.2) is 0 Å². The lowest BCUT2D eigenvalue weighted by Gasteiger charge is -2.33. The second kappa shape index (κ2) is 4.25. The maximum absolute atomic E-state index is 12.4. The molecule has 0 aliphatic carbocycles. The fourth-order valence-corrected chi connectivity index (χ4v) is 3.39. The molecule has 4 rings (SSSR count). The van der Waals surface area contributed by atoms with E-state index in [0.717, 1.165) is 29.1 Å². The van der Waals surface area contributed by atoms with E-state index in [4.69, 9.17) is 4.74 Å². The summed E-state index contributed by atoms with van der Waals surface area (Å²) in [5.41, 5.74) is 2.62. The lowest BCUT2D eigenvalue weighted by atomic mass is 9.97. The summed E-state index contributed by atoms with van der Waals surface area (Å²) in [7, 11) is 1.66. The maximum atomic E-state index is 12.4. The first-order chi connectivity index (χ1) is 10.2. The zero-order chi connectivity index (χ0) is 14.4. The Kier molecular flexibility index (Phi) is 2.48. The molecule has 21 heavy (non-hydrogen) atoms. The van der Waals surface area contributed by atoms with Crippen LogP contribution < -0.4 is 15.0 Å². The van der Waals surface area contributed by atoms with Gasteiger partial charge in [0.05, 0.1) is 18.5 Å². The Bertz CT molecular complexity index is 711. The van der Waals surface area contributed by atoms with Gasteiger partial charge in [-0.05, 0) is 29.8 Å². The molecule has 2 aliphatic rings. The average molecular weight is 280 g/mol. The first-order valence-corrected chi connectivity index (χ1v) is 7.09. The number of anilines is 2. The number of amides is 1. The summed E-state index contributed by atoms with van der Waals surface area (Å²) >= 11 is 0. The number of hydrogen-bond acceptors (Lipinski definition) is 3. The number of fused-ring (bicyclic) bond motifs is 3. The quantitative estimate of drug-likeness (QED) is 0.919. The largest absolute Gasteiger partial charge is 0.497 e. The summed E-state index contributed by atoms with van der Waals surface area (Å²) in [6.07, 6.45) is 1.33. The van der Waals surface area contributed by atoms with Crippen molar-refractivity contribution in [1.82, 2.24) is 0 Å². The molecule has 4 heteroatoms. The molecule has 2 aliphatic heterocycles. The van der Waals surface area contributed by atoms with Crippen molar-refractivity contribution in [1.29, 1.82) is 0 Å². The van der Waals surface area contributed by atoms with Crippen LogP contribution in [0.3, 0.4) is 0 Å². The highest BCUT2D eigenvalue weighted by Crippen LogP contribution is 2.51. The van der Waals surface area contributed by atoms with Crippen LogP contribution in [0.2, 0.25) is 0 Å². The van der Waals surface area contributed by atoms with Crippen LogP contribution in [0.15, 0.2) is 48.5 Å². The molecule has 2 aromatic carbocycles. The first-order valence-electron chi connectivity index (χ1n) is 7.09. The van der Waals surface area contributed by atoms with Crippen LogP contribution in [-0.4, -0.2) is 13.0 Å². The zero-order valence-electron chi connectivity index (χ0n) is 11.8. The Labute approximate surface area is 123 Å². The number of hydrogen-bond donors (Lipinski definition) is 1. The number of ether oxygens (including phenoxy) is 1. The molecule has 4 nitrogen and oxygen atoms in total. The van der Waals surface area contributed by atoms with E-state index in [0.29, 0.717) is 6.42 Å². The molecule has 1 fully saturated rings. The molecule has 0 saturated carbocycles. The van der Waals surface area contributed by atoms with Crippen molar-refractivity contribution in [2.75, 3.05) is 17.3 Å². The molecule has 0 radical (unpaired) electrons. The Morgan fingerprint density at radius 3 is 2.67 bits per heavy atom. The Balaban J connectivity index is 1.84. The minimum absolute atomic E-state index is 0.170. The van der Waals surface area contributed by atoms with E-state index in [1.807, 2.05) is 53.4 Å². The van der Waals surface area contributed by atoms with Crippen molar-refractivity contribution in [2.45, 2.75) is 18.5 Å². The van der Waals surface area contributed by atoms with Gasteiger partial charge in [-0.3, -0.25) is 9.69 Å². The van der Waals surface area contributed by atoms with Crippen LogP contribution in [0.5, 0.6) is 5.75 Å². The van der Waals surface area contributed by atoms with Gasteiger partial charge in [-0.2, -0.15) is 0 Å². The number of nitrogens with zero attached hydrogens (tertiary/aromatic N) is 1. The van der Waals surface area contributed by atoms with Crippen molar-refractivity contribution in [3.05, 3.63) is 54.1 Å². The van der Waals surface area contributed by atoms with Gasteiger partial charge in [-0.15, -0.1) is 0 Å². The highest BCUT2D eigenvalue weighted by atomic mass is 16.5. The van der Waals surface area contributed by atoms with Gasteiger partial charge in [0.2, 0.25) is 5.91 Å². The summed E-state index contributed by atoms with van der Waals surface area (Å²) in [5.74, 6) is 0.991. The van der Waals surface area contributed by atoms with Crippen molar-refractivity contribution in [3.8, 4) is 5.75 Å². The molecular weight excluding hydrogens is 264 g/mol. The predicted octanol–water partition coefficient (Wildman–Crippen LogP) is 3.10. The SMILES string of the molecule is COc1ccc([C@]23CCC(=O)N2c2ccccc2N3)cc1. The molecule has 0 unspecified atom stereocenters. The minimum Gasteiger partial charge on any atom is -0.497 e. The molecule has 1 N–H and O–H groups in total. The standard InChI is InChI=1S/C17H16N2O2/c1-21-13-8-6-12(7-9-13)17-11-10-16(20)19(17)15-5-3-2-4-14(15)18-17/h2-9,18H,10-11H2,1H3/t17-/m0/s1. The normalized spacial score (nSPS) is 22.7. The summed E-state index contributed by atoms with van der Waals surface area (Å²) in [4.78, 5) is 14.3. The van der Waals surface area contributed by atoms with E-state index >= 15 is 0 Å². The van der Waals surface area contributed by atoms with Crippen LogP contribution in [0.1, 0.15) is 18.4 Å². The monoisotopic (exact) mass is 280 g/mol. The zero-order valence-corrected chi connectivity index (χ0v) is 11.8. The Morgan fingerprint density at radius 1 is 1.14 bits per heavy atom. The van der Waals surface area contributed by atoms with Gasteiger partial charge in [0.25, 0.3) is 0 Å². The fraction of sp³-hybridized carbons (Fsp3) is 0.235. The second-order valence-electron chi connectivity index (χ2n) is 5.46. The van der Waals surface area contributed by atoms with Crippen LogP contribution in [0.25, 0.3) is 0 Å². The van der Waals surface area contributed by atoms with Crippen molar-refractivity contribution in [2.24, 2.45) is 0 Å². The average Bonchev–Trinajstić information content (AvgIpc) is 3.03. The van der Waals surface area contributed by atoms with Crippen LogP contribution in [-0.2, 0) is 10.5 Å². The molecular formula is C17H16N2O2. The van der Waals surface area contributed by atoms with Gasteiger partial charge < -0.3 is 10.1 Å². The minimum atomic E-state index is -0.451. The van der Waals surface area contributed by atoms with Crippen LogP contribution in [0.4, 0.5) is 11.4 Å². The number of carbonyl (C=O) groups excluding carboxylic acids is 1. The molecule has 1 atom stereocenters. The number of benzene rings is 2. The van der Waals surface area contributed by atoms with Gasteiger partial charge in [0, 0.05) is 12.8 Å². The van der Waals surface area contributed by atoms with Crippen LogP contribution in [0, 0.1) is 0 Å². The van der Waals surface area contributed by atoms with E-state index in [-0.39, 0.29) is 5.91 Å². The topological polar surface area (TPSA) is 41.6 Å². The molecule has 106 valence electrons. The van der Waals surface area contributed by atoms with Crippen molar-refractivity contribution >= 4 is 17.3 Å². The van der Waals surface area contributed by atoms with E-state index in [2.05, 4.69) is 5.32 Å². The van der Waals surface area contributed by atoms with E-state index in [9.17, 15) is 4.79 Å². The molecule has 2 heterocycles. The molecule has 1 saturated heterocycles. The number of rotatable bonds is 2. The summed E-state index contributed by atoms with van der Waals surface area (Å²) in [6, 6.07) is 15.9. The highest BCUT2D eigenvalue weighted by molar-refractivity contribution is 6.04. The lowest BCUT2D eigenvalue weighted by molar-refractivity contribution is -0.117. The third-order valence-electron chi connectivity index (χ3n) is 4.39. The summed E-state index contributed by atoms with van der Waals surface area (Å²) in [6.45, 7) is 0. The predicted molar refractivity (Wildman–Crippen MR) is 81.5 cm³/mol. The molecule has 1 amide bonds. The molecule has 0 spiro atoms. The van der Waals surface area contributed by atoms with Crippen molar-refractivity contribution < 1.29 is 9.53 Å². The van der Waals surface area contributed by atoms with E-state index in [1.165, 1.54) is 0 Å². The number of methoxy groups -OCH3 is 1. The summed E-state index contributed by atoms with van der Waals surface area (Å²) < 4.78 is 5.22. The number of nitrogens with one attached hydrogen (secondary N) is 1. The highest BCUT2D eigenvalue weighted by Gasteiger charge is 2.52. The second-order valence-corrected chi connectivity index (χ2v) is 5.46. The van der Waals surface area contributed by atoms with E-state index < -0.39 is 5.66 Å². The number of carbonyl (C=O) groups is 1. The molecule has 0 aromatic heterocycles. The van der Waals surface area contributed by atoms with Gasteiger partial charge >= 0.3 is 0 Å². The van der Waals surface area contributed by atoms with Gasteiger partial charge in [-0.25, -0.2) is 0 Å². The maximum Gasteiger partial charge on any atom is 0.229 e. The Morgan fingerprint density at radius 2 is 1.90 bits per heavy atom. The third-order valence-corrected chi connectivity index (χ3v) is 4.39. The lowest BCUT2D eigenvalue weighted by Crippen LogP contribution is -2.44. The molecule has 0 bridgehead atoms. The van der Waals surface area contributed by atoms with E-state index in [1.54, 1.807) is 7.11 Å². The van der Waals surface area contributed by atoms with Gasteiger partial charge in [0.1, 0.15) is 11.4 Å². The first kappa shape index (κ1) is 12.3. The van der Waals surface area contributed by atoms with Crippen LogP contribution >= 0.6 is 0 Å². The smallest absolute Gasteiger partial charge is 0.229 e. The Hall–Kier alpha value is -2.49. The number of para-hydroxylation sites is 2. The third kappa shape index (κ3) is 1.59. The van der Waals surface area contributed by atoms with Crippen molar-refractivity contribution in [3.63, 3.8) is 0 Å².